The van der Waals surface area contributed by atoms with Crippen LogP contribution in [-0.2, 0) is 0 Å². The Balaban J connectivity index is 1.51. The van der Waals surface area contributed by atoms with Crippen molar-refractivity contribution < 1.29 is 0 Å². The first-order chi connectivity index (χ1) is 21.7. The average Bonchev–Trinajstić information content (AvgIpc) is 3.55. The number of aromatic nitrogens is 5. The van der Waals surface area contributed by atoms with E-state index in [1.807, 2.05) is 126 Å². The lowest BCUT2D eigenvalue weighted by Gasteiger charge is -2.16. The summed E-state index contributed by atoms with van der Waals surface area (Å²) >= 11 is 0. The minimum absolute atomic E-state index is 0.449. The van der Waals surface area contributed by atoms with Crippen molar-refractivity contribution in [1.82, 2.24) is 24.1 Å². The molecule has 0 radical (unpaired) electrons. The molecule has 7 nitrogen and oxygen atoms in total. The maximum atomic E-state index is 7.08. The Morgan fingerprint density at radius 1 is 0.409 bits per heavy atom. The van der Waals surface area contributed by atoms with Gasteiger partial charge < -0.3 is 16.0 Å². The summed E-state index contributed by atoms with van der Waals surface area (Å²) in [6.45, 7) is 0. The highest BCUT2D eigenvalue weighted by molar-refractivity contribution is 6.09. The topological polar surface area (TPSA) is 101 Å². The van der Waals surface area contributed by atoms with Gasteiger partial charge in [0.2, 0.25) is 5.95 Å². The van der Waals surface area contributed by atoms with Crippen LogP contribution in [0.25, 0.3) is 67.6 Å². The van der Waals surface area contributed by atoms with Crippen LogP contribution in [0.1, 0.15) is 0 Å². The molecule has 0 spiro atoms. The van der Waals surface area contributed by atoms with E-state index in [2.05, 4.69) is 22.8 Å². The summed E-state index contributed by atoms with van der Waals surface area (Å²) in [5.41, 5.74) is 21.4. The summed E-state index contributed by atoms with van der Waals surface area (Å²) < 4.78 is 4.19. The highest BCUT2D eigenvalue weighted by Crippen LogP contribution is 2.45. The Labute approximate surface area is 253 Å². The van der Waals surface area contributed by atoms with Crippen molar-refractivity contribution in [2.45, 2.75) is 0 Å². The highest BCUT2D eigenvalue weighted by atomic mass is 15.2. The molecule has 44 heavy (non-hydrogen) atoms. The molecular weight excluding hydrogens is 542 g/mol. The zero-order chi connectivity index (χ0) is 29.6. The van der Waals surface area contributed by atoms with E-state index in [-0.39, 0.29) is 0 Å². The SMILES string of the molecule is Nc1c(-c2c(N)c3ccccc3n2-c2nc(-c3ccccc3)nc(-c3ccccc3)n2)n(-c2ccccc2)c2ccccc12. The number of hydrogen-bond acceptors (Lipinski definition) is 5. The number of nitrogen functional groups attached to an aromatic ring is 2. The largest absolute Gasteiger partial charge is 0.396 e. The summed E-state index contributed by atoms with van der Waals surface area (Å²) in [6.07, 6.45) is 0. The van der Waals surface area contributed by atoms with Gasteiger partial charge in [-0.05, 0) is 24.3 Å². The number of benzene rings is 5. The zero-order valence-electron chi connectivity index (χ0n) is 23.7. The Kier molecular flexibility index (Phi) is 5.94. The van der Waals surface area contributed by atoms with Crippen LogP contribution in [0.4, 0.5) is 11.4 Å². The van der Waals surface area contributed by atoms with Gasteiger partial charge in [0.15, 0.2) is 11.6 Å². The van der Waals surface area contributed by atoms with E-state index in [0.717, 1.165) is 44.3 Å². The van der Waals surface area contributed by atoms with Crippen molar-refractivity contribution in [2.24, 2.45) is 0 Å². The minimum atomic E-state index is 0.449. The molecule has 210 valence electrons. The molecule has 5 aromatic carbocycles. The standard InChI is InChI=1S/C37H27N7/c38-31-27-20-10-12-22-29(27)43(26-18-8-3-9-19-26)33(31)34-32(39)28-21-11-13-23-30(28)44(34)37-41-35(24-14-4-1-5-15-24)40-36(42-37)25-16-6-2-7-17-25/h1-23H,38-39H2. The molecule has 0 saturated heterocycles. The van der Waals surface area contributed by atoms with E-state index in [1.165, 1.54) is 0 Å². The van der Waals surface area contributed by atoms with E-state index in [0.29, 0.717) is 34.7 Å². The van der Waals surface area contributed by atoms with E-state index in [9.17, 15) is 0 Å². The smallest absolute Gasteiger partial charge is 0.238 e. The lowest BCUT2D eigenvalue weighted by molar-refractivity contribution is 0.932. The molecule has 0 aliphatic rings. The van der Waals surface area contributed by atoms with Crippen LogP contribution >= 0.6 is 0 Å². The van der Waals surface area contributed by atoms with E-state index >= 15 is 0 Å². The molecule has 0 atom stereocenters. The fourth-order valence-electron chi connectivity index (χ4n) is 5.95. The second-order valence-electron chi connectivity index (χ2n) is 10.6. The maximum absolute atomic E-state index is 7.08. The van der Waals surface area contributed by atoms with Crippen LogP contribution < -0.4 is 11.5 Å². The van der Waals surface area contributed by atoms with Crippen LogP contribution in [-0.4, -0.2) is 24.1 Å². The summed E-state index contributed by atoms with van der Waals surface area (Å²) in [7, 11) is 0. The third kappa shape index (κ3) is 4.02. The minimum Gasteiger partial charge on any atom is -0.396 e. The Morgan fingerprint density at radius 3 is 1.34 bits per heavy atom. The van der Waals surface area contributed by atoms with Crippen molar-refractivity contribution in [2.75, 3.05) is 11.5 Å². The van der Waals surface area contributed by atoms with Crippen molar-refractivity contribution in [1.29, 1.82) is 0 Å². The molecule has 0 aliphatic carbocycles. The quantitative estimate of drug-likeness (QED) is 0.219. The van der Waals surface area contributed by atoms with Gasteiger partial charge in [-0.15, -0.1) is 0 Å². The molecule has 0 saturated carbocycles. The fraction of sp³-hybridized carbons (Fsp3) is 0. The van der Waals surface area contributed by atoms with Gasteiger partial charge in [-0.25, -0.2) is 4.98 Å². The molecule has 4 N–H and O–H groups in total. The average molecular weight is 570 g/mol. The number of nitrogens with zero attached hydrogens (tertiary/aromatic N) is 5. The first kappa shape index (κ1) is 25.5. The van der Waals surface area contributed by atoms with Gasteiger partial charge in [-0.2, -0.15) is 9.97 Å². The van der Waals surface area contributed by atoms with Gasteiger partial charge in [-0.3, -0.25) is 4.57 Å². The molecular formula is C37H27N7. The van der Waals surface area contributed by atoms with Gasteiger partial charge in [-0.1, -0.05) is 115 Å². The highest BCUT2D eigenvalue weighted by Gasteiger charge is 2.27. The van der Waals surface area contributed by atoms with Crippen LogP contribution in [0.2, 0.25) is 0 Å². The molecule has 8 aromatic rings. The molecule has 0 unspecified atom stereocenters. The monoisotopic (exact) mass is 569 g/mol. The Bertz CT molecular complexity index is 2230. The Hall–Kier alpha value is -6.21. The summed E-state index contributed by atoms with van der Waals surface area (Å²) in [6, 6.07) is 46.3. The predicted molar refractivity (Wildman–Crippen MR) is 179 cm³/mol. The van der Waals surface area contributed by atoms with E-state index < -0.39 is 0 Å². The molecule has 8 rings (SSSR count). The van der Waals surface area contributed by atoms with Crippen LogP contribution in [0.5, 0.6) is 0 Å². The van der Waals surface area contributed by atoms with Crippen molar-refractivity contribution in [3.8, 4) is 45.8 Å². The van der Waals surface area contributed by atoms with E-state index in [4.69, 9.17) is 26.4 Å². The lowest BCUT2D eigenvalue weighted by atomic mass is 10.1. The van der Waals surface area contributed by atoms with Crippen molar-refractivity contribution in [3.63, 3.8) is 0 Å². The third-order valence-corrected chi connectivity index (χ3v) is 7.95. The number of anilines is 2. The maximum Gasteiger partial charge on any atom is 0.238 e. The van der Waals surface area contributed by atoms with Crippen LogP contribution in [0.15, 0.2) is 140 Å². The predicted octanol–water partition coefficient (Wildman–Crippen LogP) is 7.92. The summed E-state index contributed by atoms with van der Waals surface area (Å²) in [5.74, 6) is 1.58. The first-order valence-electron chi connectivity index (χ1n) is 14.4. The fourth-order valence-corrected chi connectivity index (χ4v) is 5.95. The number of nitrogens with two attached hydrogens (primary N) is 2. The van der Waals surface area contributed by atoms with Gasteiger partial charge >= 0.3 is 0 Å². The number of rotatable bonds is 5. The molecule has 3 aromatic heterocycles. The number of fused-ring (bicyclic) bond motifs is 2. The van der Waals surface area contributed by atoms with Crippen molar-refractivity contribution in [3.05, 3.63) is 140 Å². The third-order valence-electron chi connectivity index (χ3n) is 7.95. The second kappa shape index (κ2) is 10.3. The van der Waals surface area contributed by atoms with Gasteiger partial charge in [0.1, 0.15) is 0 Å². The molecule has 0 fully saturated rings. The second-order valence-corrected chi connectivity index (χ2v) is 10.6. The van der Waals surface area contributed by atoms with Crippen LogP contribution in [0, 0.1) is 0 Å². The molecule has 3 heterocycles. The van der Waals surface area contributed by atoms with Crippen molar-refractivity contribution >= 4 is 33.2 Å². The zero-order valence-corrected chi connectivity index (χ0v) is 23.7. The van der Waals surface area contributed by atoms with Gasteiger partial charge in [0.05, 0.1) is 33.8 Å². The molecule has 7 heteroatoms. The summed E-state index contributed by atoms with van der Waals surface area (Å²) in [4.78, 5) is 15.0. The molecule has 0 amide bonds. The molecule has 0 aliphatic heterocycles. The summed E-state index contributed by atoms with van der Waals surface area (Å²) in [5, 5.41) is 1.82. The van der Waals surface area contributed by atoms with E-state index in [1.54, 1.807) is 0 Å². The first-order valence-corrected chi connectivity index (χ1v) is 14.4. The normalized spacial score (nSPS) is 11.4. The Morgan fingerprint density at radius 2 is 0.818 bits per heavy atom. The number of hydrogen-bond donors (Lipinski definition) is 2. The van der Waals surface area contributed by atoms with Gasteiger partial charge in [0, 0.05) is 27.6 Å². The van der Waals surface area contributed by atoms with Gasteiger partial charge in [0.25, 0.3) is 0 Å². The van der Waals surface area contributed by atoms with Crippen LogP contribution in [0.3, 0.4) is 0 Å². The number of para-hydroxylation sites is 3. The lowest BCUT2D eigenvalue weighted by Crippen LogP contribution is -2.10. The molecule has 0 bridgehead atoms.